The number of carbonyl (C=O) groups is 1. The number of hydrogen-bond donors (Lipinski definition) is 1. The molecule has 0 aromatic heterocycles. The van der Waals surface area contributed by atoms with Gasteiger partial charge in [0.1, 0.15) is 12.4 Å². The Kier molecular flexibility index (Phi) is 7.73. The molecule has 0 bridgehead atoms. The van der Waals surface area contributed by atoms with Crippen molar-refractivity contribution in [1.29, 1.82) is 0 Å². The maximum Gasteiger partial charge on any atom is 0.243 e. The van der Waals surface area contributed by atoms with Crippen LogP contribution in [0.3, 0.4) is 0 Å². The molecule has 1 heterocycles. The second-order valence-corrected chi connectivity index (χ2v) is 10.3. The number of benzene rings is 2. The van der Waals surface area contributed by atoms with Gasteiger partial charge in [-0.2, -0.15) is 4.31 Å². The summed E-state index contributed by atoms with van der Waals surface area (Å²) in [5.41, 5.74) is 2.17. The molecule has 31 heavy (non-hydrogen) atoms. The number of sulfonamides is 1. The summed E-state index contributed by atoms with van der Waals surface area (Å²) < 4.78 is 32.9. The summed E-state index contributed by atoms with van der Waals surface area (Å²) in [6, 6.07) is 14.8. The van der Waals surface area contributed by atoms with E-state index in [4.69, 9.17) is 4.74 Å². The molecule has 1 fully saturated rings. The molecular weight excluding hydrogens is 412 g/mol. The Hall–Kier alpha value is -2.38. The highest BCUT2D eigenvalue weighted by molar-refractivity contribution is 7.89. The highest BCUT2D eigenvalue weighted by Crippen LogP contribution is 2.26. The molecule has 0 atom stereocenters. The number of para-hydroxylation sites is 1. The number of aryl methyl sites for hydroxylation is 1. The molecule has 0 aliphatic carbocycles. The summed E-state index contributed by atoms with van der Waals surface area (Å²) in [4.78, 5) is 12.8. The molecule has 2 aromatic rings. The lowest BCUT2D eigenvalue weighted by Crippen LogP contribution is -2.43. The lowest BCUT2D eigenvalue weighted by Gasteiger charge is -2.30. The molecule has 0 unspecified atom stereocenters. The highest BCUT2D eigenvalue weighted by Gasteiger charge is 2.31. The van der Waals surface area contributed by atoms with Crippen LogP contribution in [0.2, 0.25) is 0 Å². The first-order valence-electron chi connectivity index (χ1n) is 10.9. The van der Waals surface area contributed by atoms with Gasteiger partial charge in [0.15, 0.2) is 0 Å². The van der Waals surface area contributed by atoms with Crippen LogP contribution in [0, 0.1) is 12.8 Å². The molecular formula is C24H32N2O4S. The van der Waals surface area contributed by atoms with Crippen LogP contribution in [0.1, 0.15) is 43.7 Å². The highest BCUT2D eigenvalue weighted by atomic mass is 32.2. The number of amides is 1. The fraction of sp³-hybridized carbons (Fsp3) is 0.458. The molecule has 1 aliphatic heterocycles. The number of nitrogens with one attached hydrogen (secondary N) is 1. The second-order valence-electron chi connectivity index (χ2n) is 8.32. The quantitative estimate of drug-likeness (QED) is 0.630. The van der Waals surface area contributed by atoms with Crippen LogP contribution in [0.15, 0.2) is 53.4 Å². The molecule has 0 spiro atoms. The first-order valence-corrected chi connectivity index (χ1v) is 12.3. The van der Waals surface area contributed by atoms with Crippen molar-refractivity contribution >= 4 is 15.9 Å². The Morgan fingerprint density at radius 1 is 1.10 bits per heavy atom. The third kappa shape index (κ3) is 5.86. The van der Waals surface area contributed by atoms with Gasteiger partial charge in [-0.25, -0.2) is 8.42 Å². The molecule has 1 aliphatic rings. The van der Waals surface area contributed by atoms with Crippen molar-refractivity contribution in [3.8, 4) is 5.75 Å². The average Bonchev–Trinajstić information content (AvgIpc) is 2.77. The molecule has 1 amide bonds. The summed E-state index contributed by atoms with van der Waals surface area (Å²) in [5, 5.41) is 2.93. The van der Waals surface area contributed by atoms with Crippen LogP contribution in [-0.2, 0) is 14.8 Å². The van der Waals surface area contributed by atoms with E-state index in [0.29, 0.717) is 49.9 Å². The SMILES string of the molecule is Cc1ccc(S(=O)(=O)N2CCC(C(=O)NCCOc3ccccc3C(C)C)CC2)cc1. The summed E-state index contributed by atoms with van der Waals surface area (Å²) >= 11 is 0. The van der Waals surface area contributed by atoms with E-state index < -0.39 is 10.0 Å². The third-order valence-corrected chi connectivity index (χ3v) is 7.60. The number of nitrogens with zero attached hydrogens (tertiary/aromatic N) is 1. The summed E-state index contributed by atoms with van der Waals surface area (Å²) in [7, 11) is -3.51. The van der Waals surface area contributed by atoms with E-state index in [1.54, 1.807) is 24.3 Å². The molecule has 2 aromatic carbocycles. The van der Waals surface area contributed by atoms with E-state index in [1.165, 1.54) is 4.31 Å². The first kappa shape index (κ1) is 23.3. The van der Waals surface area contributed by atoms with E-state index in [2.05, 4.69) is 25.2 Å². The van der Waals surface area contributed by atoms with Crippen molar-refractivity contribution in [3.05, 3.63) is 59.7 Å². The molecule has 168 valence electrons. The van der Waals surface area contributed by atoms with Gasteiger partial charge in [0, 0.05) is 19.0 Å². The van der Waals surface area contributed by atoms with E-state index in [1.807, 2.05) is 25.1 Å². The molecule has 6 nitrogen and oxygen atoms in total. The fourth-order valence-corrected chi connectivity index (χ4v) is 5.26. The van der Waals surface area contributed by atoms with Crippen molar-refractivity contribution in [3.63, 3.8) is 0 Å². The van der Waals surface area contributed by atoms with Gasteiger partial charge in [-0.1, -0.05) is 49.7 Å². The van der Waals surface area contributed by atoms with E-state index in [-0.39, 0.29) is 11.8 Å². The predicted molar refractivity (Wildman–Crippen MR) is 122 cm³/mol. The van der Waals surface area contributed by atoms with Gasteiger partial charge in [-0.05, 0) is 49.4 Å². The van der Waals surface area contributed by atoms with Crippen molar-refractivity contribution < 1.29 is 17.9 Å². The minimum Gasteiger partial charge on any atom is -0.491 e. The van der Waals surface area contributed by atoms with Gasteiger partial charge in [0.25, 0.3) is 0 Å². The number of rotatable bonds is 8. The molecule has 1 saturated heterocycles. The summed E-state index contributed by atoms with van der Waals surface area (Å²) in [6.07, 6.45) is 1.04. The Morgan fingerprint density at radius 3 is 2.39 bits per heavy atom. The normalized spacial score (nSPS) is 15.7. The van der Waals surface area contributed by atoms with Gasteiger partial charge in [0.05, 0.1) is 11.4 Å². The Labute approximate surface area is 185 Å². The molecule has 7 heteroatoms. The van der Waals surface area contributed by atoms with Gasteiger partial charge < -0.3 is 10.1 Å². The minimum absolute atomic E-state index is 0.0341. The standard InChI is InChI=1S/C24H32N2O4S/c1-18(2)22-6-4-5-7-23(22)30-17-14-25-24(27)20-12-15-26(16-13-20)31(28,29)21-10-8-19(3)9-11-21/h4-11,18,20H,12-17H2,1-3H3,(H,25,27). The van der Waals surface area contributed by atoms with Crippen LogP contribution >= 0.6 is 0 Å². The third-order valence-electron chi connectivity index (χ3n) is 5.68. The smallest absolute Gasteiger partial charge is 0.243 e. The van der Waals surface area contributed by atoms with Gasteiger partial charge >= 0.3 is 0 Å². The lowest BCUT2D eigenvalue weighted by molar-refractivity contribution is -0.126. The van der Waals surface area contributed by atoms with Crippen molar-refractivity contribution in [2.24, 2.45) is 5.92 Å². The zero-order chi connectivity index (χ0) is 22.4. The van der Waals surface area contributed by atoms with Gasteiger partial charge in [-0.15, -0.1) is 0 Å². The summed E-state index contributed by atoms with van der Waals surface area (Å²) in [6.45, 7) is 7.70. The maximum atomic E-state index is 12.8. The van der Waals surface area contributed by atoms with Crippen LogP contribution in [0.5, 0.6) is 5.75 Å². The maximum absolute atomic E-state index is 12.8. The molecule has 0 radical (unpaired) electrons. The largest absolute Gasteiger partial charge is 0.491 e. The number of hydrogen-bond acceptors (Lipinski definition) is 4. The first-order chi connectivity index (χ1) is 14.8. The fourth-order valence-electron chi connectivity index (χ4n) is 3.79. The monoisotopic (exact) mass is 444 g/mol. The van der Waals surface area contributed by atoms with Crippen LogP contribution in [0.4, 0.5) is 0 Å². The number of ether oxygens (including phenoxy) is 1. The molecule has 1 N–H and O–H groups in total. The minimum atomic E-state index is -3.51. The topological polar surface area (TPSA) is 75.7 Å². The number of carbonyl (C=O) groups excluding carboxylic acids is 1. The Balaban J connectivity index is 1.45. The van der Waals surface area contributed by atoms with E-state index >= 15 is 0 Å². The lowest BCUT2D eigenvalue weighted by atomic mass is 9.97. The molecule has 3 rings (SSSR count). The Morgan fingerprint density at radius 2 is 1.74 bits per heavy atom. The van der Waals surface area contributed by atoms with Gasteiger partial charge in [0.2, 0.25) is 15.9 Å². The Bertz CT molecular complexity index is 979. The van der Waals surface area contributed by atoms with Crippen molar-refractivity contribution in [2.75, 3.05) is 26.2 Å². The predicted octanol–water partition coefficient (Wildman–Crippen LogP) is 3.71. The van der Waals surface area contributed by atoms with E-state index in [9.17, 15) is 13.2 Å². The van der Waals surface area contributed by atoms with Gasteiger partial charge in [-0.3, -0.25) is 4.79 Å². The van der Waals surface area contributed by atoms with Crippen LogP contribution in [-0.4, -0.2) is 44.9 Å². The van der Waals surface area contributed by atoms with Crippen LogP contribution < -0.4 is 10.1 Å². The average molecular weight is 445 g/mol. The van der Waals surface area contributed by atoms with Crippen molar-refractivity contribution in [1.82, 2.24) is 9.62 Å². The molecule has 0 saturated carbocycles. The zero-order valence-electron chi connectivity index (χ0n) is 18.5. The van der Waals surface area contributed by atoms with E-state index in [0.717, 1.165) is 16.9 Å². The van der Waals surface area contributed by atoms with Crippen molar-refractivity contribution in [2.45, 2.75) is 44.4 Å². The van der Waals surface area contributed by atoms with Crippen LogP contribution in [0.25, 0.3) is 0 Å². The zero-order valence-corrected chi connectivity index (χ0v) is 19.3. The number of piperidine rings is 1. The summed E-state index contributed by atoms with van der Waals surface area (Å²) in [5.74, 6) is 1.01. The second kappa shape index (κ2) is 10.3.